The van der Waals surface area contributed by atoms with Gasteiger partial charge in [-0.1, -0.05) is 0 Å². The molecule has 1 aliphatic heterocycles. The summed E-state index contributed by atoms with van der Waals surface area (Å²) in [5.74, 6) is 0.696. The molecule has 3 rings (SSSR count). The molecule has 3 atom stereocenters. The third-order valence-electron chi connectivity index (χ3n) is 4.30. The molecule has 0 spiro atoms. The maximum Gasteiger partial charge on any atom is 0.123 e. The quantitative estimate of drug-likeness (QED) is 0.891. The van der Waals surface area contributed by atoms with Gasteiger partial charge in [0.1, 0.15) is 5.82 Å². The van der Waals surface area contributed by atoms with E-state index in [9.17, 15) is 4.39 Å². The number of fused-ring (bicyclic) bond motifs is 2. The van der Waals surface area contributed by atoms with E-state index in [2.05, 4.69) is 4.90 Å². The smallest absolute Gasteiger partial charge is 0.123 e. The van der Waals surface area contributed by atoms with Crippen LogP contribution in [-0.2, 0) is 6.42 Å². The minimum Gasteiger partial charge on any atom is -0.368 e. The van der Waals surface area contributed by atoms with Crippen LogP contribution in [0.25, 0.3) is 0 Å². The molecule has 3 unspecified atom stereocenters. The molecule has 1 aromatic carbocycles. The van der Waals surface area contributed by atoms with E-state index in [-0.39, 0.29) is 11.9 Å². The maximum atomic E-state index is 13.4. The molecular formula is C15H21FN2. The number of hydrogen-bond acceptors (Lipinski definition) is 2. The fourth-order valence-corrected chi connectivity index (χ4v) is 3.56. The van der Waals surface area contributed by atoms with Crippen molar-refractivity contribution in [1.29, 1.82) is 0 Å². The zero-order valence-electron chi connectivity index (χ0n) is 10.9. The second kappa shape index (κ2) is 4.54. The minimum atomic E-state index is -0.154. The van der Waals surface area contributed by atoms with Crippen LogP contribution >= 0.6 is 0 Å². The zero-order valence-corrected chi connectivity index (χ0v) is 10.9. The van der Waals surface area contributed by atoms with Crippen LogP contribution in [0.15, 0.2) is 18.2 Å². The van der Waals surface area contributed by atoms with Gasteiger partial charge in [-0.25, -0.2) is 4.39 Å². The van der Waals surface area contributed by atoms with Crippen LogP contribution in [0.1, 0.15) is 31.7 Å². The van der Waals surface area contributed by atoms with Gasteiger partial charge < -0.3 is 10.6 Å². The molecule has 2 N–H and O–H groups in total. The van der Waals surface area contributed by atoms with E-state index in [1.54, 1.807) is 12.1 Å². The lowest BCUT2D eigenvalue weighted by Crippen LogP contribution is -2.33. The predicted molar refractivity (Wildman–Crippen MR) is 72.2 cm³/mol. The molecule has 3 heteroatoms. The zero-order chi connectivity index (χ0) is 12.7. The maximum absolute atomic E-state index is 13.4. The first kappa shape index (κ1) is 12.0. The summed E-state index contributed by atoms with van der Waals surface area (Å²) >= 11 is 0. The number of rotatable bonds is 3. The van der Waals surface area contributed by atoms with Gasteiger partial charge in [0.05, 0.1) is 0 Å². The molecule has 18 heavy (non-hydrogen) atoms. The van der Waals surface area contributed by atoms with E-state index < -0.39 is 0 Å². The molecule has 2 bridgehead atoms. The van der Waals surface area contributed by atoms with Crippen LogP contribution in [0.4, 0.5) is 10.1 Å². The second-order valence-corrected chi connectivity index (χ2v) is 5.94. The molecule has 2 aliphatic rings. The summed E-state index contributed by atoms with van der Waals surface area (Å²) in [7, 11) is 0. The first-order chi connectivity index (χ1) is 8.63. The highest BCUT2D eigenvalue weighted by Crippen LogP contribution is 2.41. The molecule has 0 aromatic heterocycles. The van der Waals surface area contributed by atoms with Crippen LogP contribution in [0, 0.1) is 11.7 Å². The SMILES string of the molecule is CC(N)Cc1cc(F)ccc1N1CC2CCC1C2. The molecule has 1 saturated heterocycles. The Hall–Kier alpha value is -1.09. The van der Waals surface area contributed by atoms with Gasteiger partial charge >= 0.3 is 0 Å². The molecule has 98 valence electrons. The number of piperidine rings is 1. The highest BCUT2D eigenvalue weighted by molar-refractivity contribution is 5.56. The second-order valence-electron chi connectivity index (χ2n) is 5.94. The molecule has 0 amide bonds. The average Bonchev–Trinajstić information content (AvgIpc) is 2.90. The van der Waals surface area contributed by atoms with Gasteiger partial charge in [-0.05, 0) is 62.3 Å². The van der Waals surface area contributed by atoms with Crippen molar-refractivity contribution in [1.82, 2.24) is 0 Å². The van der Waals surface area contributed by atoms with Crippen LogP contribution in [-0.4, -0.2) is 18.6 Å². The highest BCUT2D eigenvalue weighted by Gasteiger charge is 2.38. The van der Waals surface area contributed by atoms with Crippen molar-refractivity contribution in [3.05, 3.63) is 29.6 Å². The summed E-state index contributed by atoms with van der Waals surface area (Å²) in [5, 5.41) is 0. The Labute approximate surface area is 108 Å². The Kier molecular flexibility index (Phi) is 3.02. The van der Waals surface area contributed by atoms with E-state index in [1.165, 1.54) is 24.9 Å². The molecule has 2 fully saturated rings. The molecule has 1 aromatic rings. The monoisotopic (exact) mass is 248 g/mol. The van der Waals surface area contributed by atoms with Crippen molar-refractivity contribution in [2.75, 3.05) is 11.4 Å². The Balaban J connectivity index is 1.91. The predicted octanol–water partition coefficient (Wildman–Crippen LogP) is 2.70. The van der Waals surface area contributed by atoms with Gasteiger partial charge in [0, 0.05) is 24.3 Å². The number of hydrogen-bond donors (Lipinski definition) is 1. The van der Waals surface area contributed by atoms with Gasteiger partial charge in [-0.3, -0.25) is 0 Å². The molecule has 2 nitrogen and oxygen atoms in total. The summed E-state index contributed by atoms with van der Waals surface area (Å²) < 4.78 is 13.4. The molecule has 1 heterocycles. The van der Waals surface area contributed by atoms with Gasteiger partial charge in [0.2, 0.25) is 0 Å². The summed E-state index contributed by atoms with van der Waals surface area (Å²) in [6, 6.07) is 5.92. The number of nitrogens with zero attached hydrogens (tertiary/aromatic N) is 1. The van der Waals surface area contributed by atoms with Crippen molar-refractivity contribution in [2.24, 2.45) is 11.7 Å². The number of halogens is 1. The summed E-state index contributed by atoms with van der Waals surface area (Å²) in [4.78, 5) is 2.48. The van der Waals surface area contributed by atoms with Crippen LogP contribution in [0.2, 0.25) is 0 Å². The van der Waals surface area contributed by atoms with Crippen molar-refractivity contribution in [3.8, 4) is 0 Å². The van der Waals surface area contributed by atoms with Gasteiger partial charge in [0.25, 0.3) is 0 Å². The van der Waals surface area contributed by atoms with Crippen LogP contribution < -0.4 is 10.6 Å². The largest absolute Gasteiger partial charge is 0.368 e. The van der Waals surface area contributed by atoms with Gasteiger partial charge in [0.15, 0.2) is 0 Å². The topological polar surface area (TPSA) is 29.3 Å². The van der Waals surface area contributed by atoms with Gasteiger partial charge in [-0.2, -0.15) is 0 Å². The fourth-order valence-electron chi connectivity index (χ4n) is 3.56. The van der Waals surface area contributed by atoms with E-state index in [0.717, 1.165) is 24.4 Å². The summed E-state index contributed by atoms with van der Waals surface area (Å²) in [6.07, 6.45) is 4.72. The third kappa shape index (κ3) is 2.12. The first-order valence-corrected chi connectivity index (χ1v) is 6.94. The average molecular weight is 248 g/mol. The van der Waals surface area contributed by atoms with Crippen LogP contribution in [0.5, 0.6) is 0 Å². The van der Waals surface area contributed by atoms with Crippen molar-refractivity contribution < 1.29 is 4.39 Å². The molecule has 1 aliphatic carbocycles. The molecule has 1 saturated carbocycles. The number of anilines is 1. The number of nitrogens with two attached hydrogens (primary N) is 1. The lowest BCUT2D eigenvalue weighted by Gasteiger charge is -2.31. The lowest BCUT2D eigenvalue weighted by atomic mass is 10.0. The Morgan fingerprint density at radius 2 is 2.28 bits per heavy atom. The Morgan fingerprint density at radius 3 is 2.89 bits per heavy atom. The fraction of sp³-hybridized carbons (Fsp3) is 0.600. The van der Waals surface area contributed by atoms with Crippen molar-refractivity contribution in [3.63, 3.8) is 0 Å². The van der Waals surface area contributed by atoms with Crippen LogP contribution in [0.3, 0.4) is 0 Å². The summed E-state index contributed by atoms with van der Waals surface area (Å²) in [6.45, 7) is 3.12. The molecular weight excluding hydrogens is 227 g/mol. The highest BCUT2D eigenvalue weighted by atomic mass is 19.1. The normalized spacial score (nSPS) is 27.8. The minimum absolute atomic E-state index is 0.0744. The standard InChI is InChI=1S/C15H21FN2/c1-10(17)6-12-8-13(16)3-5-15(12)18-9-11-2-4-14(18)7-11/h3,5,8,10-11,14H,2,4,6-7,9,17H2,1H3. The van der Waals surface area contributed by atoms with Crippen molar-refractivity contribution >= 4 is 5.69 Å². The third-order valence-corrected chi connectivity index (χ3v) is 4.30. The van der Waals surface area contributed by atoms with E-state index >= 15 is 0 Å². The van der Waals surface area contributed by atoms with Gasteiger partial charge in [-0.15, -0.1) is 0 Å². The van der Waals surface area contributed by atoms with E-state index in [4.69, 9.17) is 5.73 Å². The summed E-state index contributed by atoms with van der Waals surface area (Å²) in [5.41, 5.74) is 8.15. The lowest BCUT2D eigenvalue weighted by molar-refractivity contribution is 0.551. The first-order valence-electron chi connectivity index (χ1n) is 6.94. The Bertz CT molecular complexity index is 444. The van der Waals surface area contributed by atoms with E-state index in [1.807, 2.05) is 13.0 Å². The van der Waals surface area contributed by atoms with Crippen molar-refractivity contribution in [2.45, 2.75) is 44.7 Å². The molecule has 0 radical (unpaired) electrons. The number of benzene rings is 1. The van der Waals surface area contributed by atoms with E-state index in [0.29, 0.717) is 6.04 Å². The Morgan fingerprint density at radius 1 is 1.44 bits per heavy atom.